The van der Waals surface area contributed by atoms with E-state index in [0.29, 0.717) is 40.9 Å². The maximum absolute atomic E-state index is 13.2. The second kappa shape index (κ2) is 7.61. The van der Waals surface area contributed by atoms with Crippen LogP contribution in [0, 0.1) is 11.3 Å². The van der Waals surface area contributed by atoms with Gasteiger partial charge in [0.15, 0.2) is 10.9 Å². The monoisotopic (exact) mass is 425 g/mol. The van der Waals surface area contributed by atoms with Crippen LogP contribution in [-0.4, -0.2) is 26.6 Å². The highest BCUT2D eigenvalue weighted by Gasteiger charge is 2.42. The zero-order chi connectivity index (χ0) is 21.6. The largest absolute Gasteiger partial charge is 0.508 e. The van der Waals surface area contributed by atoms with E-state index in [2.05, 4.69) is 38.0 Å². The minimum Gasteiger partial charge on any atom is -0.508 e. The third-order valence-electron chi connectivity index (χ3n) is 5.48. The maximum atomic E-state index is 13.2. The predicted octanol–water partition coefficient (Wildman–Crippen LogP) is 4.42. The van der Waals surface area contributed by atoms with Crippen molar-refractivity contribution in [2.75, 3.05) is 11.1 Å². The van der Waals surface area contributed by atoms with Gasteiger partial charge >= 0.3 is 0 Å². The number of aromatic nitrogens is 2. The van der Waals surface area contributed by atoms with Gasteiger partial charge < -0.3 is 15.4 Å². The number of thioether (sulfide) groups is 1. The van der Waals surface area contributed by atoms with E-state index in [4.69, 9.17) is 4.98 Å². The first kappa shape index (κ1) is 20.7. The summed E-state index contributed by atoms with van der Waals surface area (Å²) >= 11 is 1.52. The molecule has 158 valence electrons. The summed E-state index contributed by atoms with van der Waals surface area (Å²) < 4.78 is 0. The Morgan fingerprint density at radius 2 is 1.90 bits per heavy atom. The van der Waals surface area contributed by atoms with Crippen molar-refractivity contribution in [3.63, 3.8) is 0 Å². The molecule has 1 aliphatic carbocycles. The number of ketones is 1. The summed E-state index contributed by atoms with van der Waals surface area (Å²) in [7, 11) is 0. The molecule has 0 amide bonds. The molecule has 3 N–H and O–H groups in total. The van der Waals surface area contributed by atoms with Crippen LogP contribution in [0.1, 0.15) is 57.6 Å². The van der Waals surface area contributed by atoms with Crippen LogP contribution in [0.3, 0.4) is 0 Å². The number of hydrogen-bond acceptors (Lipinski definition) is 6. The number of nitrogens with zero attached hydrogens (tertiary/aromatic N) is 1. The number of aromatic hydroxyl groups is 1. The van der Waals surface area contributed by atoms with Gasteiger partial charge in [-0.2, -0.15) is 0 Å². The summed E-state index contributed by atoms with van der Waals surface area (Å²) in [4.78, 5) is 33.9. The van der Waals surface area contributed by atoms with Crippen molar-refractivity contribution in [3.05, 3.63) is 57.0 Å². The van der Waals surface area contributed by atoms with E-state index in [1.165, 1.54) is 11.8 Å². The number of aromatic amines is 1. The van der Waals surface area contributed by atoms with Gasteiger partial charge in [-0.05, 0) is 35.4 Å². The smallest absolute Gasteiger partial charge is 0.257 e. The minimum atomic E-state index is -0.499. The Bertz CT molecular complexity index is 1080. The Hall–Kier alpha value is -2.54. The molecule has 6 nitrogen and oxygen atoms in total. The Kier molecular flexibility index (Phi) is 5.26. The molecule has 0 radical (unpaired) electrons. The number of Topliss-reactive ketones (excluding diaryl/α,β-unsaturated/α-hetero) is 1. The van der Waals surface area contributed by atoms with Crippen LogP contribution in [0.15, 0.2) is 45.5 Å². The fourth-order valence-corrected chi connectivity index (χ4v) is 5.02. The standard InChI is InChI=1S/C23H27N3O3S/c1-12(2)11-30-22-25-20-19(21(29)26-22)17(13-5-7-14(27)8-6-13)18-15(24-20)9-23(3,4)10-16(18)28/h5-8,12,17,27H,9-11H2,1-4H3,(H2,24,25,26,29). The van der Waals surface area contributed by atoms with E-state index in [1.54, 1.807) is 24.3 Å². The van der Waals surface area contributed by atoms with E-state index in [-0.39, 0.29) is 22.5 Å². The number of carbonyl (C=O) groups is 1. The summed E-state index contributed by atoms with van der Waals surface area (Å²) in [6, 6.07) is 6.72. The van der Waals surface area contributed by atoms with Crippen LogP contribution < -0.4 is 10.9 Å². The van der Waals surface area contributed by atoms with Gasteiger partial charge in [0.05, 0.1) is 5.56 Å². The van der Waals surface area contributed by atoms with Gasteiger partial charge in [-0.1, -0.05) is 51.6 Å². The predicted molar refractivity (Wildman–Crippen MR) is 119 cm³/mol. The van der Waals surface area contributed by atoms with Gasteiger partial charge in [0.2, 0.25) is 0 Å². The maximum Gasteiger partial charge on any atom is 0.257 e. The first-order chi connectivity index (χ1) is 14.1. The summed E-state index contributed by atoms with van der Waals surface area (Å²) in [6.45, 7) is 8.40. The van der Waals surface area contributed by atoms with Gasteiger partial charge in [-0.3, -0.25) is 9.59 Å². The van der Waals surface area contributed by atoms with Crippen molar-refractivity contribution in [3.8, 4) is 5.75 Å². The van der Waals surface area contributed by atoms with Crippen molar-refractivity contribution < 1.29 is 9.90 Å². The van der Waals surface area contributed by atoms with E-state index >= 15 is 0 Å². The first-order valence-electron chi connectivity index (χ1n) is 10.2. The van der Waals surface area contributed by atoms with Crippen molar-refractivity contribution >= 4 is 23.4 Å². The fraction of sp³-hybridized carbons (Fsp3) is 0.435. The fourth-order valence-electron chi connectivity index (χ4n) is 4.21. The highest BCUT2D eigenvalue weighted by Crippen LogP contribution is 2.47. The molecule has 30 heavy (non-hydrogen) atoms. The molecule has 0 saturated carbocycles. The second-order valence-corrected chi connectivity index (χ2v) is 10.3. The number of phenols is 1. The molecule has 1 aromatic carbocycles. The van der Waals surface area contributed by atoms with Gasteiger partial charge in [0.1, 0.15) is 11.6 Å². The topological polar surface area (TPSA) is 95.1 Å². The summed E-state index contributed by atoms with van der Waals surface area (Å²) in [5.41, 5.74) is 2.35. The van der Waals surface area contributed by atoms with Crippen LogP contribution in [0.5, 0.6) is 5.75 Å². The molecule has 2 aliphatic rings. The Labute approximate surface area is 180 Å². The normalized spacial score (nSPS) is 20.0. The Morgan fingerprint density at radius 3 is 2.57 bits per heavy atom. The van der Waals surface area contributed by atoms with Crippen molar-refractivity contribution in [1.29, 1.82) is 0 Å². The number of H-pyrrole nitrogens is 1. The van der Waals surface area contributed by atoms with Crippen molar-refractivity contribution in [2.45, 2.75) is 51.6 Å². The number of benzene rings is 1. The van der Waals surface area contributed by atoms with E-state index in [9.17, 15) is 14.7 Å². The molecule has 2 heterocycles. The zero-order valence-electron chi connectivity index (χ0n) is 17.7. The average molecular weight is 426 g/mol. The lowest BCUT2D eigenvalue weighted by Gasteiger charge is -2.38. The third-order valence-corrected chi connectivity index (χ3v) is 6.78. The SMILES string of the molecule is CC(C)CSc1nc2c(c(=O)[nH]1)C(c1ccc(O)cc1)C1=C(CC(C)(C)CC1=O)N2. The zero-order valence-corrected chi connectivity index (χ0v) is 18.5. The molecule has 1 aromatic heterocycles. The molecule has 2 aromatic rings. The molecule has 1 atom stereocenters. The summed E-state index contributed by atoms with van der Waals surface area (Å²) in [5.74, 6) is 1.54. The molecule has 0 fully saturated rings. The third kappa shape index (κ3) is 3.90. The Balaban J connectivity index is 1.88. The van der Waals surface area contributed by atoms with Crippen molar-refractivity contribution in [1.82, 2.24) is 9.97 Å². The quantitative estimate of drug-likeness (QED) is 0.496. The van der Waals surface area contributed by atoms with E-state index < -0.39 is 5.92 Å². The number of allylic oxidation sites excluding steroid dienone is 2. The van der Waals surface area contributed by atoms with Gasteiger partial charge in [0.25, 0.3) is 5.56 Å². The van der Waals surface area contributed by atoms with Crippen LogP contribution in [0.25, 0.3) is 0 Å². The van der Waals surface area contributed by atoms with Crippen LogP contribution >= 0.6 is 11.8 Å². The summed E-state index contributed by atoms with van der Waals surface area (Å²) in [5, 5.41) is 13.6. The molecule has 0 bridgehead atoms. The van der Waals surface area contributed by atoms with Crippen molar-refractivity contribution in [2.24, 2.45) is 11.3 Å². The molecule has 7 heteroatoms. The molecule has 4 rings (SSSR count). The molecular formula is C23H27N3O3S. The number of nitrogens with one attached hydrogen (secondary N) is 2. The van der Waals surface area contributed by atoms with Gasteiger partial charge in [0, 0.05) is 29.4 Å². The highest BCUT2D eigenvalue weighted by atomic mass is 32.2. The molecular weight excluding hydrogens is 398 g/mol. The number of rotatable bonds is 4. The summed E-state index contributed by atoms with van der Waals surface area (Å²) in [6.07, 6.45) is 1.15. The van der Waals surface area contributed by atoms with Crippen LogP contribution in [0.2, 0.25) is 0 Å². The van der Waals surface area contributed by atoms with Crippen LogP contribution in [-0.2, 0) is 4.79 Å². The molecule has 1 unspecified atom stereocenters. The number of hydrogen-bond donors (Lipinski definition) is 3. The number of anilines is 1. The van der Waals surface area contributed by atoms with E-state index in [1.807, 2.05) is 0 Å². The lowest BCUT2D eigenvalue weighted by Crippen LogP contribution is -2.37. The lowest BCUT2D eigenvalue weighted by molar-refractivity contribution is -0.118. The number of carbonyl (C=O) groups excluding carboxylic acids is 1. The van der Waals surface area contributed by atoms with Gasteiger partial charge in [-0.25, -0.2) is 4.98 Å². The lowest BCUT2D eigenvalue weighted by atomic mass is 9.69. The molecule has 1 aliphatic heterocycles. The first-order valence-corrected chi connectivity index (χ1v) is 11.2. The number of fused-ring (bicyclic) bond motifs is 1. The van der Waals surface area contributed by atoms with Gasteiger partial charge in [-0.15, -0.1) is 0 Å². The average Bonchev–Trinajstić information content (AvgIpc) is 2.64. The molecule has 0 spiro atoms. The molecule has 0 saturated heterocycles. The second-order valence-electron chi connectivity index (χ2n) is 9.32. The Morgan fingerprint density at radius 1 is 1.20 bits per heavy atom. The number of phenolic OH excluding ortho intramolecular Hbond substituents is 1. The highest BCUT2D eigenvalue weighted by molar-refractivity contribution is 7.99. The van der Waals surface area contributed by atoms with E-state index in [0.717, 1.165) is 17.0 Å². The minimum absolute atomic E-state index is 0.0511. The van der Waals surface area contributed by atoms with Crippen LogP contribution in [0.4, 0.5) is 5.82 Å².